The summed E-state index contributed by atoms with van der Waals surface area (Å²) in [5, 5.41) is 11.3. The number of amides is 1. The first-order valence-corrected chi connectivity index (χ1v) is 10.9. The number of nitrogens with two attached hydrogens (primary N) is 1. The van der Waals surface area contributed by atoms with Crippen molar-refractivity contribution in [3.05, 3.63) is 22.6 Å². The van der Waals surface area contributed by atoms with Gasteiger partial charge in [-0.25, -0.2) is 9.48 Å². The summed E-state index contributed by atoms with van der Waals surface area (Å²) in [5.74, 6) is -0.277. The Bertz CT molecular complexity index is 806. The molecular formula is C18H26F3N5O4S. The van der Waals surface area contributed by atoms with Crippen LogP contribution in [0.1, 0.15) is 12.8 Å². The normalized spacial score (nSPS) is 17.7. The highest BCUT2D eigenvalue weighted by molar-refractivity contribution is 7.99. The van der Waals surface area contributed by atoms with Crippen molar-refractivity contribution in [2.24, 2.45) is 11.7 Å². The lowest BCUT2D eigenvalue weighted by molar-refractivity contribution is -0.192. The Morgan fingerprint density at radius 1 is 1.19 bits per heavy atom. The predicted octanol–water partition coefficient (Wildman–Crippen LogP) is 0.627. The molecular weight excluding hydrogens is 439 g/mol. The molecule has 13 heteroatoms. The molecule has 9 nitrogen and oxygen atoms in total. The van der Waals surface area contributed by atoms with Gasteiger partial charge in [0.1, 0.15) is 6.54 Å². The van der Waals surface area contributed by atoms with Crippen LogP contribution in [0.3, 0.4) is 0 Å². The van der Waals surface area contributed by atoms with Gasteiger partial charge in [0.15, 0.2) is 0 Å². The number of carbonyl (C=O) groups is 2. The largest absolute Gasteiger partial charge is 0.490 e. The quantitative estimate of drug-likeness (QED) is 0.664. The maximum Gasteiger partial charge on any atom is 0.490 e. The number of halogens is 3. The average Bonchev–Trinajstić information content (AvgIpc) is 2.75. The van der Waals surface area contributed by atoms with Crippen molar-refractivity contribution in [2.45, 2.75) is 25.6 Å². The summed E-state index contributed by atoms with van der Waals surface area (Å²) in [6.45, 7) is 4.07. The Morgan fingerprint density at radius 2 is 1.77 bits per heavy atom. The third-order valence-corrected chi connectivity index (χ3v) is 6.00. The van der Waals surface area contributed by atoms with E-state index in [2.05, 4.69) is 10.00 Å². The van der Waals surface area contributed by atoms with E-state index in [0.29, 0.717) is 5.92 Å². The summed E-state index contributed by atoms with van der Waals surface area (Å²) in [5.41, 5.74) is 6.34. The van der Waals surface area contributed by atoms with Crippen molar-refractivity contribution in [3.8, 4) is 0 Å². The fraction of sp³-hybridized carbons (Fsp3) is 0.667. The SMILES string of the molecule is NCC1CCN(c2cnn(CC(=O)N3CCSCC3)c(=O)c2)CC1.O=C(O)C(F)(F)F. The number of hydrogen-bond donors (Lipinski definition) is 2. The molecule has 0 saturated carbocycles. The van der Waals surface area contributed by atoms with Gasteiger partial charge < -0.3 is 20.6 Å². The van der Waals surface area contributed by atoms with Crippen LogP contribution in [-0.4, -0.2) is 82.1 Å². The van der Waals surface area contributed by atoms with Crippen LogP contribution in [0.2, 0.25) is 0 Å². The van der Waals surface area contributed by atoms with Crippen LogP contribution in [0.4, 0.5) is 18.9 Å². The molecule has 3 heterocycles. The molecule has 3 rings (SSSR count). The molecule has 0 bridgehead atoms. The van der Waals surface area contributed by atoms with Gasteiger partial charge in [0, 0.05) is 43.8 Å². The van der Waals surface area contributed by atoms with Crippen LogP contribution in [0, 0.1) is 5.92 Å². The predicted molar refractivity (Wildman–Crippen MR) is 110 cm³/mol. The van der Waals surface area contributed by atoms with Gasteiger partial charge in [-0.15, -0.1) is 0 Å². The highest BCUT2D eigenvalue weighted by atomic mass is 32.2. The molecule has 1 amide bonds. The summed E-state index contributed by atoms with van der Waals surface area (Å²) in [4.78, 5) is 37.5. The van der Waals surface area contributed by atoms with Gasteiger partial charge in [0.25, 0.3) is 5.56 Å². The van der Waals surface area contributed by atoms with Crippen LogP contribution >= 0.6 is 11.8 Å². The molecule has 0 spiro atoms. The minimum absolute atomic E-state index is 0.0265. The van der Waals surface area contributed by atoms with E-state index in [4.69, 9.17) is 15.6 Å². The summed E-state index contributed by atoms with van der Waals surface area (Å²) in [7, 11) is 0. The van der Waals surface area contributed by atoms with E-state index in [1.807, 2.05) is 16.7 Å². The zero-order valence-corrected chi connectivity index (χ0v) is 17.7. The summed E-state index contributed by atoms with van der Waals surface area (Å²) < 4.78 is 33.0. The molecule has 2 aliphatic heterocycles. The second-order valence-corrected chi connectivity index (χ2v) is 8.40. The maximum atomic E-state index is 12.3. The topological polar surface area (TPSA) is 122 Å². The van der Waals surface area contributed by atoms with Gasteiger partial charge in [-0.2, -0.15) is 30.0 Å². The molecule has 0 aromatic carbocycles. The molecule has 31 heavy (non-hydrogen) atoms. The van der Waals surface area contributed by atoms with Crippen LogP contribution < -0.4 is 16.2 Å². The van der Waals surface area contributed by atoms with Gasteiger partial charge in [-0.3, -0.25) is 9.59 Å². The molecule has 3 N–H and O–H groups in total. The van der Waals surface area contributed by atoms with Crippen LogP contribution in [-0.2, 0) is 16.1 Å². The Labute approximate surface area is 181 Å². The van der Waals surface area contributed by atoms with Crippen molar-refractivity contribution < 1.29 is 27.9 Å². The molecule has 0 radical (unpaired) electrons. The first-order valence-electron chi connectivity index (χ1n) is 9.79. The van der Waals surface area contributed by atoms with Crippen LogP contribution in [0.15, 0.2) is 17.1 Å². The highest BCUT2D eigenvalue weighted by Crippen LogP contribution is 2.21. The zero-order chi connectivity index (χ0) is 23.0. The van der Waals surface area contributed by atoms with Gasteiger partial charge >= 0.3 is 12.1 Å². The second-order valence-electron chi connectivity index (χ2n) is 7.17. The number of carboxylic acids is 1. The monoisotopic (exact) mass is 465 g/mol. The number of carboxylic acid groups (broad SMARTS) is 1. The second kappa shape index (κ2) is 11.4. The van der Waals surface area contributed by atoms with Crippen molar-refractivity contribution in [2.75, 3.05) is 49.1 Å². The Hall–Kier alpha value is -2.28. The lowest BCUT2D eigenvalue weighted by atomic mass is 9.97. The highest BCUT2D eigenvalue weighted by Gasteiger charge is 2.38. The first-order chi connectivity index (χ1) is 14.6. The Balaban J connectivity index is 0.000000423. The van der Waals surface area contributed by atoms with E-state index in [-0.39, 0.29) is 18.0 Å². The number of carbonyl (C=O) groups excluding carboxylic acids is 1. The number of rotatable bonds is 4. The maximum absolute atomic E-state index is 12.3. The minimum Gasteiger partial charge on any atom is -0.475 e. The summed E-state index contributed by atoms with van der Waals surface area (Å²) in [6.07, 6.45) is -1.29. The summed E-state index contributed by atoms with van der Waals surface area (Å²) >= 11 is 1.85. The van der Waals surface area contributed by atoms with Gasteiger partial charge in [-0.1, -0.05) is 0 Å². The Kier molecular flexibility index (Phi) is 9.16. The fourth-order valence-electron chi connectivity index (χ4n) is 3.18. The molecule has 1 aromatic heterocycles. The minimum atomic E-state index is -5.08. The number of nitrogens with zero attached hydrogens (tertiary/aromatic N) is 4. The number of piperidine rings is 1. The lowest BCUT2D eigenvalue weighted by Crippen LogP contribution is -2.42. The van der Waals surface area contributed by atoms with Crippen LogP contribution in [0.5, 0.6) is 0 Å². The van der Waals surface area contributed by atoms with E-state index >= 15 is 0 Å². The molecule has 174 valence electrons. The van der Waals surface area contributed by atoms with Crippen LogP contribution in [0.25, 0.3) is 0 Å². The number of thioether (sulfide) groups is 1. The number of hydrogen-bond acceptors (Lipinski definition) is 7. The molecule has 2 aliphatic rings. The average molecular weight is 465 g/mol. The molecule has 2 saturated heterocycles. The molecule has 1 aromatic rings. The third-order valence-electron chi connectivity index (χ3n) is 5.06. The number of aliphatic carboxylic acids is 1. The fourth-order valence-corrected chi connectivity index (χ4v) is 4.09. The molecule has 0 atom stereocenters. The van der Waals surface area contributed by atoms with E-state index in [0.717, 1.165) is 62.8 Å². The Morgan fingerprint density at radius 3 is 2.26 bits per heavy atom. The standard InChI is InChI=1S/C16H25N5O2S.C2HF3O2/c17-10-13-1-3-19(4-2-13)14-9-15(22)21(18-11-14)12-16(23)20-5-7-24-8-6-20;3-2(4,5)1(6)7/h9,11,13H,1-8,10,12,17H2;(H,6,7). The van der Waals surface area contributed by atoms with Crippen molar-refractivity contribution in [1.82, 2.24) is 14.7 Å². The first kappa shape index (κ1) is 25.0. The van der Waals surface area contributed by atoms with E-state index < -0.39 is 12.1 Å². The lowest BCUT2D eigenvalue weighted by Gasteiger charge is -2.32. The summed E-state index contributed by atoms with van der Waals surface area (Å²) in [6, 6.07) is 1.59. The third kappa shape index (κ3) is 7.73. The zero-order valence-electron chi connectivity index (χ0n) is 16.9. The van der Waals surface area contributed by atoms with Crippen molar-refractivity contribution >= 4 is 29.3 Å². The number of alkyl halides is 3. The smallest absolute Gasteiger partial charge is 0.475 e. The van der Waals surface area contributed by atoms with Gasteiger partial charge in [-0.05, 0) is 25.3 Å². The van der Waals surface area contributed by atoms with Crippen molar-refractivity contribution in [3.63, 3.8) is 0 Å². The van der Waals surface area contributed by atoms with E-state index in [9.17, 15) is 22.8 Å². The number of aromatic nitrogens is 2. The van der Waals surface area contributed by atoms with Crippen molar-refractivity contribution in [1.29, 1.82) is 0 Å². The van der Waals surface area contributed by atoms with Gasteiger partial charge in [0.2, 0.25) is 5.91 Å². The van der Waals surface area contributed by atoms with E-state index in [1.54, 1.807) is 12.3 Å². The molecule has 2 fully saturated rings. The molecule has 0 aliphatic carbocycles. The number of anilines is 1. The van der Waals surface area contributed by atoms with Gasteiger partial charge in [0.05, 0.1) is 11.9 Å². The molecule has 0 unspecified atom stereocenters. The van der Waals surface area contributed by atoms with E-state index in [1.165, 1.54) is 4.68 Å².